The average Bonchev–Trinajstić information content (AvgIpc) is 3.38. The minimum absolute atomic E-state index is 0.0424. The fourth-order valence-electron chi connectivity index (χ4n) is 3.09. The van der Waals surface area contributed by atoms with E-state index in [1.165, 1.54) is 0 Å². The summed E-state index contributed by atoms with van der Waals surface area (Å²) in [6, 6.07) is 4.17. The number of benzene rings is 1. The first kappa shape index (κ1) is 16.7. The van der Waals surface area contributed by atoms with Gasteiger partial charge < -0.3 is 14.8 Å². The van der Waals surface area contributed by atoms with Gasteiger partial charge in [0.05, 0.1) is 12.8 Å². The van der Waals surface area contributed by atoms with E-state index in [9.17, 15) is 18.7 Å². The van der Waals surface area contributed by atoms with Crippen LogP contribution in [-0.2, 0) is 11.4 Å². The van der Waals surface area contributed by atoms with E-state index < -0.39 is 18.2 Å². The van der Waals surface area contributed by atoms with Gasteiger partial charge in [0.2, 0.25) is 5.91 Å². The Morgan fingerprint density at radius 1 is 1.31 bits per heavy atom. The fraction of sp³-hybridized carbons (Fsp3) is 0.263. The molecule has 0 unspecified atom stereocenters. The molecule has 1 amide bonds. The summed E-state index contributed by atoms with van der Waals surface area (Å²) < 4.78 is 29.7. The highest BCUT2D eigenvalue weighted by Crippen LogP contribution is 2.32. The summed E-state index contributed by atoms with van der Waals surface area (Å²) in [6.07, 6.45) is 5.13. The van der Waals surface area contributed by atoms with Crippen molar-refractivity contribution in [3.8, 4) is 11.1 Å². The summed E-state index contributed by atoms with van der Waals surface area (Å²) in [5.74, 6) is -0.991. The molecule has 0 aliphatic heterocycles. The Kier molecular flexibility index (Phi) is 3.96. The number of nitrogens with zero attached hydrogens (tertiary/aromatic N) is 2. The number of amides is 1. The summed E-state index contributed by atoms with van der Waals surface area (Å²) in [7, 11) is 0. The van der Waals surface area contributed by atoms with Crippen LogP contribution in [0.3, 0.4) is 0 Å². The van der Waals surface area contributed by atoms with E-state index in [1.54, 1.807) is 35.9 Å². The number of aliphatic hydroxyl groups is 1. The first-order valence-electron chi connectivity index (χ1n) is 8.36. The highest BCUT2D eigenvalue weighted by atomic mass is 19.1. The third-order valence-electron chi connectivity index (χ3n) is 4.67. The fourth-order valence-corrected chi connectivity index (χ4v) is 3.09. The van der Waals surface area contributed by atoms with E-state index in [4.69, 9.17) is 0 Å². The van der Waals surface area contributed by atoms with Crippen molar-refractivity contribution in [2.75, 3.05) is 5.32 Å². The van der Waals surface area contributed by atoms with Crippen LogP contribution < -0.4 is 5.32 Å². The molecule has 0 atom stereocenters. The van der Waals surface area contributed by atoms with Crippen molar-refractivity contribution in [1.29, 1.82) is 0 Å². The summed E-state index contributed by atoms with van der Waals surface area (Å²) in [6.45, 7) is 1.01. The molecule has 134 valence electrons. The number of halogens is 2. The quantitative estimate of drug-likeness (QED) is 0.752. The number of nitrogens with one attached hydrogen (secondary N) is 1. The molecule has 2 N–H and O–H groups in total. The van der Waals surface area contributed by atoms with E-state index >= 15 is 0 Å². The molecule has 1 aliphatic rings. The van der Waals surface area contributed by atoms with Crippen LogP contribution in [0.2, 0.25) is 0 Å². The van der Waals surface area contributed by atoms with E-state index in [-0.39, 0.29) is 23.0 Å². The van der Waals surface area contributed by atoms with Crippen LogP contribution in [0.5, 0.6) is 0 Å². The number of hydrogen-bond donors (Lipinski definition) is 2. The number of carbonyl (C=O) groups is 1. The number of fused-ring (bicyclic) bond motifs is 1. The molecule has 1 aliphatic carbocycles. The van der Waals surface area contributed by atoms with Gasteiger partial charge in [-0.05, 0) is 48.6 Å². The number of anilines is 1. The van der Waals surface area contributed by atoms with Gasteiger partial charge >= 0.3 is 0 Å². The first-order chi connectivity index (χ1) is 12.5. The van der Waals surface area contributed by atoms with Crippen LogP contribution in [0.15, 0.2) is 30.6 Å². The SMILES string of the molecule is Cc1c(F)cc(F)c(CO)c1-c1ccc2nc(NC(=O)C3CC3)cn2c1. The Balaban J connectivity index is 1.77. The van der Waals surface area contributed by atoms with Gasteiger partial charge in [0, 0.05) is 23.7 Å². The molecule has 0 spiro atoms. The molecule has 5 nitrogen and oxygen atoms in total. The molecule has 1 aromatic carbocycles. The van der Waals surface area contributed by atoms with Crippen molar-refractivity contribution < 1.29 is 18.7 Å². The zero-order valence-electron chi connectivity index (χ0n) is 14.1. The molecule has 0 bridgehead atoms. The van der Waals surface area contributed by atoms with Gasteiger partial charge in [-0.1, -0.05) is 0 Å². The molecular weight excluding hydrogens is 340 g/mol. The minimum Gasteiger partial charge on any atom is -0.392 e. The summed E-state index contributed by atoms with van der Waals surface area (Å²) >= 11 is 0. The molecule has 1 fully saturated rings. The van der Waals surface area contributed by atoms with Crippen LogP contribution in [0.4, 0.5) is 14.6 Å². The Hall–Kier alpha value is -2.80. The first-order valence-corrected chi connectivity index (χ1v) is 8.36. The normalized spacial score (nSPS) is 14.0. The van der Waals surface area contributed by atoms with E-state index in [0.29, 0.717) is 22.6 Å². The van der Waals surface area contributed by atoms with Crippen molar-refractivity contribution in [1.82, 2.24) is 9.38 Å². The molecule has 2 heterocycles. The third-order valence-corrected chi connectivity index (χ3v) is 4.67. The molecule has 26 heavy (non-hydrogen) atoms. The molecule has 0 saturated heterocycles. The second-order valence-electron chi connectivity index (χ2n) is 6.55. The summed E-state index contributed by atoms with van der Waals surface area (Å²) in [4.78, 5) is 16.2. The average molecular weight is 357 g/mol. The summed E-state index contributed by atoms with van der Waals surface area (Å²) in [5.41, 5.74) is 1.78. The van der Waals surface area contributed by atoms with Gasteiger partial charge in [0.25, 0.3) is 0 Å². The van der Waals surface area contributed by atoms with Crippen LogP contribution in [0, 0.1) is 24.5 Å². The van der Waals surface area contributed by atoms with Gasteiger partial charge in [-0.15, -0.1) is 0 Å². The smallest absolute Gasteiger partial charge is 0.228 e. The highest BCUT2D eigenvalue weighted by molar-refractivity contribution is 5.93. The number of imidazole rings is 1. The van der Waals surface area contributed by atoms with Gasteiger partial charge in [-0.2, -0.15) is 0 Å². The van der Waals surface area contributed by atoms with Crippen molar-refractivity contribution in [3.05, 3.63) is 53.4 Å². The lowest BCUT2D eigenvalue weighted by Crippen LogP contribution is -2.13. The topological polar surface area (TPSA) is 66.6 Å². The lowest BCUT2D eigenvalue weighted by atomic mass is 9.95. The van der Waals surface area contributed by atoms with Crippen molar-refractivity contribution >= 4 is 17.4 Å². The molecule has 7 heteroatoms. The predicted octanol–water partition coefficient (Wildman–Crippen LogP) is 3.43. The predicted molar refractivity (Wildman–Crippen MR) is 92.6 cm³/mol. The maximum atomic E-state index is 14.1. The molecule has 0 radical (unpaired) electrons. The maximum absolute atomic E-state index is 14.1. The lowest BCUT2D eigenvalue weighted by molar-refractivity contribution is -0.117. The monoisotopic (exact) mass is 357 g/mol. The minimum atomic E-state index is -0.784. The molecular formula is C19H17F2N3O2. The zero-order valence-corrected chi connectivity index (χ0v) is 14.1. The van der Waals surface area contributed by atoms with Gasteiger partial charge in [-0.25, -0.2) is 13.8 Å². The largest absolute Gasteiger partial charge is 0.392 e. The van der Waals surface area contributed by atoms with Crippen molar-refractivity contribution in [3.63, 3.8) is 0 Å². The number of pyridine rings is 1. The zero-order chi connectivity index (χ0) is 18.4. The number of rotatable bonds is 4. The van der Waals surface area contributed by atoms with E-state index in [1.807, 2.05) is 0 Å². The Morgan fingerprint density at radius 2 is 2.08 bits per heavy atom. The van der Waals surface area contributed by atoms with Crippen LogP contribution >= 0.6 is 0 Å². The number of aromatic nitrogens is 2. The van der Waals surface area contributed by atoms with Gasteiger partial charge in [-0.3, -0.25) is 4.79 Å². The van der Waals surface area contributed by atoms with Crippen LogP contribution in [-0.4, -0.2) is 20.4 Å². The van der Waals surface area contributed by atoms with Crippen LogP contribution in [0.1, 0.15) is 24.0 Å². The Bertz CT molecular complexity index is 1030. The molecule has 1 saturated carbocycles. The lowest BCUT2D eigenvalue weighted by Gasteiger charge is -2.13. The number of hydrogen-bond acceptors (Lipinski definition) is 3. The number of carbonyl (C=O) groups excluding carboxylic acids is 1. The van der Waals surface area contributed by atoms with Gasteiger partial charge in [0.15, 0.2) is 5.82 Å². The van der Waals surface area contributed by atoms with Crippen molar-refractivity contribution in [2.24, 2.45) is 5.92 Å². The van der Waals surface area contributed by atoms with Gasteiger partial charge in [0.1, 0.15) is 17.3 Å². The Labute approximate surface area is 148 Å². The maximum Gasteiger partial charge on any atom is 0.228 e. The Morgan fingerprint density at radius 3 is 2.77 bits per heavy atom. The highest BCUT2D eigenvalue weighted by Gasteiger charge is 2.30. The van der Waals surface area contributed by atoms with E-state index in [0.717, 1.165) is 18.9 Å². The summed E-state index contributed by atoms with van der Waals surface area (Å²) in [5, 5.41) is 12.3. The molecule has 2 aromatic heterocycles. The third kappa shape index (κ3) is 2.84. The molecule has 4 rings (SSSR count). The number of aliphatic hydroxyl groups excluding tert-OH is 1. The second kappa shape index (κ2) is 6.17. The molecule has 3 aromatic rings. The van der Waals surface area contributed by atoms with Crippen molar-refractivity contribution in [2.45, 2.75) is 26.4 Å². The van der Waals surface area contributed by atoms with E-state index in [2.05, 4.69) is 10.3 Å². The second-order valence-corrected chi connectivity index (χ2v) is 6.55. The van der Waals surface area contributed by atoms with Crippen LogP contribution in [0.25, 0.3) is 16.8 Å². The standard InChI is InChI=1S/C19H17F2N3O2/c1-10-14(20)6-15(21)13(9-25)18(10)12-4-5-17-22-16(8-24(17)7-12)23-19(26)11-2-3-11/h4-8,11,25H,2-3,9H2,1H3,(H,23,26).